The van der Waals surface area contributed by atoms with Crippen LogP contribution in [0.3, 0.4) is 0 Å². The van der Waals surface area contributed by atoms with Crippen LogP contribution in [0.15, 0.2) is 82.6 Å². The number of thioether (sulfide) groups is 1. The molecule has 5 aromatic heterocycles. The number of hydrogen-bond acceptors (Lipinski definition) is 16. The fourth-order valence-corrected chi connectivity index (χ4v) is 10.9. The zero-order valence-corrected chi connectivity index (χ0v) is 52.5. The lowest BCUT2D eigenvalue weighted by Gasteiger charge is -2.08. The number of imidazole rings is 5. The van der Waals surface area contributed by atoms with Gasteiger partial charge in [0, 0.05) is 164 Å². The maximum atomic E-state index is 10.8. The Morgan fingerprint density at radius 1 is 0.747 bits per heavy atom. The number of hydrogen-bond donors (Lipinski definition) is 3. The third-order valence-electron chi connectivity index (χ3n) is 11.8. The first-order valence-corrected chi connectivity index (χ1v) is 32.3. The van der Waals surface area contributed by atoms with Crippen LogP contribution in [-0.4, -0.2) is 116 Å². The smallest absolute Gasteiger partial charge is 0.280 e. The highest BCUT2D eigenvalue weighted by atomic mass is 127. The summed E-state index contributed by atoms with van der Waals surface area (Å²) >= 11 is 14.7. The molecule has 0 unspecified atom stereocenters. The molecule has 0 radical (unpaired) electrons. The molecule has 0 atom stereocenters. The van der Waals surface area contributed by atoms with E-state index in [1.807, 2.05) is 39.4 Å². The molecule has 6 aromatic rings. The molecule has 11 rings (SSSR count). The average Bonchev–Trinajstić information content (AvgIpc) is 4.26. The number of unbranched alkanes of at least 4 members (excludes halogenated alkanes) is 1. The molecule has 0 spiro atoms. The van der Waals surface area contributed by atoms with Crippen LogP contribution in [0.2, 0.25) is 0 Å². The van der Waals surface area contributed by atoms with Gasteiger partial charge in [-0.3, -0.25) is 5.41 Å². The average molecular weight is 1350 g/mol. The first kappa shape index (κ1) is 69.5. The molecule has 0 bridgehead atoms. The van der Waals surface area contributed by atoms with Crippen molar-refractivity contribution >= 4 is 106 Å². The molecule has 1 aromatic carbocycles. The number of aromatic nitrogens is 10. The molecule has 10 heterocycles. The second kappa shape index (κ2) is 37.3. The molecule has 79 heavy (non-hydrogen) atoms. The number of methoxy groups -OCH3 is 3. The molecule has 29 heteroatoms. The number of fused-ring (bicyclic) bond motifs is 5. The number of aryl methyl sites for hydroxylation is 10. The summed E-state index contributed by atoms with van der Waals surface area (Å²) in [5.41, 5.74) is 6.51. The van der Waals surface area contributed by atoms with E-state index in [1.165, 1.54) is 92.8 Å². The number of ether oxygens (including phenoxy) is 3. The normalized spacial score (nSPS) is 13.7. The van der Waals surface area contributed by atoms with Gasteiger partial charge in [0.05, 0.1) is 13.2 Å². The van der Waals surface area contributed by atoms with E-state index in [-0.39, 0.29) is 28.7 Å². The maximum Gasteiger partial charge on any atom is 0.280 e. The van der Waals surface area contributed by atoms with Crippen molar-refractivity contribution in [2.45, 2.75) is 150 Å². The maximum absolute atomic E-state index is 10.8. The van der Waals surface area contributed by atoms with Crippen LogP contribution in [0.4, 0.5) is 0 Å². The minimum absolute atomic E-state index is 0. The van der Waals surface area contributed by atoms with E-state index in [0.29, 0.717) is 37.0 Å². The molecule has 21 nitrogen and oxygen atoms in total. The van der Waals surface area contributed by atoms with Crippen LogP contribution in [0.1, 0.15) is 92.5 Å². The monoisotopic (exact) mass is 1340 g/mol. The highest BCUT2D eigenvalue weighted by Gasteiger charge is 2.21. The standard InChI is InChI=1S/C13H14N2S.C6H7ClN2O2S.C6H7IN2.C6H9N3O2S.C6H8N2.C5H10ClNO.C4H6ClN.C4H11NO2.ClH/c1-2-5-11(6-3-1)10-16-13-9-15-8-4-7-12(15)14-13;7-12(10,11)6-4-9-3-1-2-5(9)8-6;7-5-4-9-3-1-2-6(9)8-5;7-12(10,11)6-4-9-3-1-2-5(9)8-6;1-2-6-7-3-5-8(6)4-1;1-8-5(7)3-2-4-6;5-3-1-2-4-6;1-6-4(3-5)7-2;/h1-3,5-6,9H,4,7-8,10H2;4H,1-3H2;4H,1-3H2;4H,1-3H2,(H2,7,10,11);3,5H,1-2,4H2;7H,2-4H2,1H3;1-3H2;4H,3,5H2,1-2H3;1H. The predicted molar refractivity (Wildman–Crippen MR) is 320 cm³/mol. The van der Waals surface area contributed by atoms with E-state index in [0.717, 1.165) is 85.7 Å². The van der Waals surface area contributed by atoms with Gasteiger partial charge in [-0.2, -0.15) is 5.26 Å². The van der Waals surface area contributed by atoms with Crippen LogP contribution in [0.25, 0.3) is 0 Å². The number of nitrogens with one attached hydrogen (secondary N) is 1. The van der Waals surface area contributed by atoms with Gasteiger partial charge in [0.1, 0.15) is 37.8 Å². The highest BCUT2D eigenvalue weighted by Crippen LogP contribution is 2.25. The number of nitrogens with two attached hydrogens (primary N) is 2. The Balaban J connectivity index is 0.000000242. The highest BCUT2D eigenvalue weighted by molar-refractivity contribution is 14.1. The van der Waals surface area contributed by atoms with Gasteiger partial charge in [0.25, 0.3) is 19.1 Å². The molecule has 0 saturated carbocycles. The molecule has 0 amide bonds. The van der Waals surface area contributed by atoms with Crippen molar-refractivity contribution in [3.05, 3.63) is 106 Å². The van der Waals surface area contributed by atoms with Crippen LogP contribution in [-0.2, 0) is 104 Å². The summed E-state index contributed by atoms with van der Waals surface area (Å²) in [5, 5.41) is 20.9. The number of benzene rings is 1. The van der Waals surface area contributed by atoms with Gasteiger partial charge in [-0.25, -0.2) is 46.9 Å². The largest absolute Gasteiger partial charge is 0.484 e. The topological polar surface area (TPSA) is 285 Å². The van der Waals surface area contributed by atoms with Gasteiger partial charge in [-0.15, -0.1) is 47.4 Å². The molecule has 438 valence electrons. The minimum Gasteiger partial charge on any atom is -0.484 e. The molecule has 5 aliphatic heterocycles. The molecule has 0 aliphatic carbocycles. The number of alkyl halides is 2. The Bertz CT molecular complexity index is 2790. The van der Waals surface area contributed by atoms with E-state index in [9.17, 15) is 16.8 Å². The van der Waals surface area contributed by atoms with Gasteiger partial charge in [0.2, 0.25) is 0 Å². The summed E-state index contributed by atoms with van der Waals surface area (Å²) in [5.74, 6) is 7.94. The Morgan fingerprint density at radius 3 is 1.67 bits per heavy atom. The van der Waals surface area contributed by atoms with Gasteiger partial charge in [0.15, 0.2) is 22.2 Å². The second-order valence-corrected chi connectivity index (χ2v) is 24.4. The Kier molecular flexibility index (Phi) is 32.8. The zero-order valence-electron chi connectivity index (χ0n) is 44.8. The number of rotatable bonds is 13. The van der Waals surface area contributed by atoms with E-state index >= 15 is 0 Å². The van der Waals surface area contributed by atoms with Crippen molar-refractivity contribution in [1.29, 1.82) is 10.7 Å². The van der Waals surface area contributed by atoms with Crippen molar-refractivity contribution in [3.63, 3.8) is 0 Å². The van der Waals surface area contributed by atoms with Gasteiger partial charge >= 0.3 is 0 Å². The van der Waals surface area contributed by atoms with Crippen molar-refractivity contribution < 1.29 is 31.0 Å². The molecular weight excluding hydrogens is 1270 g/mol. The number of nitrogens with zero attached hydrogens (tertiary/aromatic N) is 11. The van der Waals surface area contributed by atoms with Gasteiger partial charge < -0.3 is 42.8 Å². The van der Waals surface area contributed by atoms with Crippen molar-refractivity contribution in [1.82, 2.24) is 47.8 Å². The minimum atomic E-state index is -3.64. The molecule has 5 aliphatic rings. The van der Waals surface area contributed by atoms with Crippen molar-refractivity contribution in [2.75, 3.05) is 39.6 Å². The summed E-state index contributed by atoms with van der Waals surface area (Å²) in [4.78, 5) is 20.9. The van der Waals surface area contributed by atoms with Crippen LogP contribution >= 0.6 is 80.6 Å². The second-order valence-electron chi connectivity index (χ2n) is 17.6. The molecule has 0 saturated heterocycles. The molecule has 5 N–H and O–H groups in total. The lowest BCUT2D eigenvalue weighted by Crippen LogP contribution is -2.23. The van der Waals surface area contributed by atoms with Crippen molar-refractivity contribution in [2.24, 2.45) is 10.9 Å². The number of sulfonamides is 1. The fraction of sp³-hybridized carbons (Fsp3) is 0.540. The first-order chi connectivity index (χ1) is 37.5. The third kappa shape index (κ3) is 25.1. The summed E-state index contributed by atoms with van der Waals surface area (Å²) < 4.78 is 68.8. The van der Waals surface area contributed by atoms with E-state index in [1.54, 1.807) is 14.2 Å². The molecule has 0 fully saturated rings. The Labute approximate surface area is 503 Å². The van der Waals surface area contributed by atoms with E-state index in [2.05, 4.69) is 109 Å². The fourth-order valence-electron chi connectivity index (χ4n) is 7.91. The quantitative estimate of drug-likeness (QED) is 0.0142. The summed E-state index contributed by atoms with van der Waals surface area (Å²) in [7, 11) is 2.48. The summed E-state index contributed by atoms with van der Waals surface area (Å²) in [6.45, 7) is 5.59. The lowest BCUT2D eigenvalue weighted by molar-refractivity contribution is -0.0940. The predicted octanol–water partition coefficient (Wildman–Crippen LogP) is 8.76. The first-order valence-electron chi connectivity index (χ1n) is 25.4. The number of halogens is 5. The number of primary sulfonamides is 1. The zero-order chi connectivity index (χ0) is 56.9. The number of nitriles is 1. The Morgan fingerprint density at radius 2 is 1.24 bits per heavy atom. The van der Waals surface area contributed by atoms with E-state index < -0.39 is 19.1 Å². The van der Waals surface area contributed by atoms with Crippen LogP contribution < -0.4 is 10.9 Å². The summed E-state index contributed by atoms with van der Waals surface area (Å²) in [6, 6.07) is 12.5. The lowest BCUT2D eigenvalue weighted by atomic mass is 10.2. The summed E-state index contributed by atoms with van der Waals surface area (Å²) in [6.07, 6.45) is 24.9. The third-order valence-corrected chi connectivity index (χ3v) is 15.8. The van der Waals surface area contributed by atoms with E-state index in [4.69, 9.17) is 64.9 Å². The van der Waals surface area contributed by atoms with Crippen LogP contribution in [0, 0.1) is 20.4 Å². The Hall–Kier alpha value is -3.79. The van der Waals surface area contributed by atoms with Gasteiger partial charge in [-0.1, -0.05) is 30.3 Å². The van der Waals surface area contributed by atoms with Crippen LogP contribution in [0.5, 0.6) is 0 Å². The van der Waals surface area contributed by atoms with Gasteiger partial charge in [-0.05, 0) is 73.1 Å². The molecular formula is C50H73Cl4IN14O7S3. The SMILES string of the molecule is COC(=N)CCCCl.COC(CN)OC.Cl.Ic1cn2c(n1)CCC2.N#CCCCCl.NS(=O)(=O)c1cn2c(n1)CCC2.O=S(=O)(Cl)c1cn2c(n1)CCC2.c1ccc(CSc2cn3c(n2)CCC3)cc1.c1cn2c(n1)CCC2. The van der Waals surface area contributed by atoms with Crippen molar-refractivity contribution in [3.8, 4) is 6.07 Å².